The summed E-state index contributed by atoms with van der Waals surface area (Å²) >= 11 is 0.967. The van der Waals surface area contributed by atoms with Crippen molar-refractivity contribution < 1.29 is 27.9 Å². The van der Waals surface area contributed by atoms with Gasteiger partial charge in [0.2, 0.25) is 12.5 Å². The molecule has 0 unspecified atom stereocenters. The third kappa shape index (κ3) is 6.04. The zero-order valence-corrected chi connectivity index (χ0v) is 19.5. The lowest BCUT2D eigenvalue weighted by Crippen LogP contribution is -2.11. The molecule has 0 fully saturated rings. The SMILES string of the molecule is CN(SOCC(=O)O)c1ccc(NCc2cccc(-c3ccc4c(c3F)OCO4)c2)cc1.S. The first-order chi connectivity index (χ1) is 15.5. The zero-order chi connectivity index (χ0) is 22.5. The summed E-state index contributed by atoms with van der Waals surface area (Å²) < 4.78 is 32.0. The minimum Gasteiger partial charge on any atom is -0.479 e. The van der Waals surface area contributed by atoms with Crippen molar-refractivity contribution in [1.82, 2.24) is 0 Å². The molecule has 0 radical (unpaired) electrons. The quantitative estimate of drug-likeness (QED) is 0.319. The summed E-state index contributed by atoms with van der Waals surface area (Å²) in [5.74, 6) is -0.863. The maximum Gasteiger partial charge on any atom is 0.331 e. The number of aliphatic carboxylic acids is 1. The average molecular weight is 491 g/mol. The van der Waals surface area contributed by atoms with Crippen LogP contribution in [0, 0.1) is 5.82 Å². The Labute approximate surface area is 202 Å². The monoisotopic (exact) mass is 490 g/mol. The molecule has 3 aromatic rings. The summed E-state index contributed by atoms with van der Waals surface area (Å²) in [6, 6.07) is 18.7. The fraction of sp³-hybridized carbons (Fsp3) is 0.174. The minimum atomic E-state index is -1.02. The lowest BCUT2D eigenvalue weighted by molar-refractivity contribution is -0.138. The van der Waals surface area contributed by atoms with Crippen LogP contribution in [-0.2, 0) is 15.5 Å². The molecule has 0 saturated heterocycles. The van der Waals surface area contributed by atoms with Crippen LogP contribution >= 0.6 is 25.7 Å². The van der Waals surface area contributed by atoms with Gasteiger partial charge >= 0.3 is 5.97 Å². The van der Waals surface area contributed by atoms with Crippen LogP contribution in [0.1, 0.15) is 5.56 Å². The lowest BCUT2D eigenvalue weighted by Gasteiger charge is -2.17. The summed E-state index contributed by atoms with van der Waals surface area (Å²) in [6.07, 6.45) is 0. The number of carboxylic acids is 1. The number of nitrogens with one attached hydrogen (secondary N) is 1. The predicted octanol–water partition coefficient (Wildman–Crippen LogP) is 5.05. The largest absolute Gasteiger partial charge is 0.479 e. The van der Waals surface area contributed by atoms with E-state index in [4.69, 9.17) is 18.8 Å². The molecular formula is C23H23FN2O5S2. The molecule has 1 aliphatic rings. The molecular weight excluding hydrogens is 467 g/mol. The summed E-state index contributed by atoms with van der Waals surface area (Å²) in [6.45, 7) is 0.220. The Balaban J connectivity index is 0.00000306. The van der Waals surface area contributed by atoms with E-state index >= 15 is 0 Å². The van der Waals surface area contributed by atoms with E-state index in [1.807, 2.05) is 48.5 Å². The van der Waals surface area contributed by atoms with Crippen LogP contribution in [-0.4, -0.2) is 31.5 Å². The van der Waals surface area contributed by atoms with E-state index in [1.54, 1.807) is 23.5 Å². The van der Waals surface area contributed by atoms with Gasteiger partial charge < -0.3 is 19.9 Å². The number of rotatable bonds is 9. The second-order valence-electron chi connectivity index (χ2n) is 6.99. The highest BCUT2D eigenvalue weighted by Gasteiger charge is 2.21. The molecule has 3 aromatic carbocycles. The molecule has 1 aliphatic heterocycles. The topological polar surface area (TPSA) is 80.3 Å². The Bertz CT molecular complexity index is 1110. The van der Waals surface area contributed by atoms with Crippen LogP contribution in [0.15, 0.2) is 60.7 Å². The normalized spacial score (nSPS) is 11.6. The van der Waals surface area contributed by atoms with Gasteiger partial charge in [-0.2, -0.15) is 13.5 Å². The smallest absolute Gasteiger partial charge is 0.331 e. The second kappa shape index (κ2) is 11.2. The summed E-state index contributed by atoms with van der Waals surface area (Å²) in [7, 11) is 1.79. The Hall–Kier alpha value is -3.08. The van der Waals surface area contributed by atoms with Crippen LogP contribution in [0.5, 0.6) is 11.5 Å². The van der Waals surface area contributed by atoms with Gasteiger partial charge in [-0.3, -0.25) is 8.49 Å². The molecule has 7 nitrogen and oxygen atoms in total. The molecule has 0 spiro atoms. The van der Waals surface area contributed by atoms with Crippen LogP contribution in [0.25, 0.3) is 11.1 Å². The Morgan fingerprint density at radius 3 is 2.73 bits per heavy atom. The molecule has 0 saturated carbocycles. The highest BCUT2D eigenvalue weighted by atomic mass is 32.2. The first kappa shape index (κ1) is 24.6. The summed E-state index contributed by atoms with van der Waals surface area (Å²) in [5, 5.41) is 12.0. The van der Waals surface area contributed by atoms with E-state index in [0.29, 0.717) is 17.9 Å². The summed E-state index contributed by atoms with van der Waals surface area (Å²) in [5.41, 5.74) is 4.00. The Morgan fingerprint density at radius 1 is 1.18 bits per heavy atom. The Kier molecular flexibility index (Phi) is 8.32. The van der Waals surface area contributed by atoms with Crippen LogP contribution in [0.3, 0.4) is 0 Å². The number of fused-ring (bicyclic) bond motifs is 1. The number of ether oxygens (including phenoxy) is 2. The molecule has 0 bridgehead atoms. The van der Waals surface area contributed by atoms with Crippen molar-refractivity contribution in [3.63, 3.8) is 0 Å². The lowest BCUT2D eigenvalue weighted by atomic mass is 10.0. The second-order valence-corrected chi connectivity index (χ2v) is 7.92. The van der Waals surface area contributed by atoms with E-state index in [2.05, 4.69) is 5.32 Å². The molecule has 1 heterocycles. The number of anilines is 2. The van der Waals surface area contributed by atoms with Crippen molar-refractivity contribution >= 4 is 43.1 Å². The molecule has 0 atom stereocenters. The Morgan fingerprint density at radius 2 is 1.97 bits per heavy atom. The number of hydrogen-bond donors (Lipinski definition) is 2. The van der Waals surface area contributed by atoms with Crippen molar-refractivity contribution in [2.24, 2.45) is 0 Å². The number of halogens is 1. The third-order valence-corrected chi connectivity index (χ3v) is 5.45. The van der Waals surface area contributed by atoms with E-state index < -0.39 is 11.8 Å². The van der Waals surface area contributed by atoms with Gasteiger partial charge in [0, 0.05) is 30.5 Å². The standard InChI is InChI=1S/C23H21FN2O5S.H2S/c1-26(32-31-13-21(27)28)18-7-5-17(6-8-18)25-12-15-3-2-4-16(11-15)19-9-10-20-23(22(19)24)30-14-29-20;/h2-11,25H,12-14H2,1H3,(H,27,28);1H2. The van der Waals surface area contributed by atoms with Gasteiger partial charge in [-0.15, -0.1) is 0 Å². The highest BCUT2D eigenvalue weighted by Crippen LogP contribution is 2.39. The number of carboxylic acid groups (broad SMARTS) is 1. The van der Waals surface area contributed by atoms with Gasteiger partial charge in [-0.25, -0.2) is 9.18 Å². The van der Waals surface area contributed by atoms with Gasteiger partial charge in [0.05, 0.1) is 0 Å². The fourth-order valence-corrected chi connectivity index (χ4v) is 3.72. The van der Waals surface area contributed by atoms with Gasteiger partial charge in [0.25, 0.3) is 0 Å². The van der Waals surface area contributed by atoms with Crippen molar-refractivity contribution in [3.05, 3.63) is 72.0 Å². The fourth-order valence-electron chi connectivity index (χ4n) is 3.20. The van der Waals surface area contributed by atoms with Gasteiger partial charge in [-0.05, 0) is 53.6 Å². The van der Waals surface area contributed by atoms with Gasteiger partial charge in [0.1, 0.15) is 12.2 Å². The molecule has 174 valence electrons. The molecule has 0 aliphatic carbocycles. The molecule has 0 aromatic heterocycles. The van der Waals surface area contributed by atoms with Crippen molar-refractivity contribution in [3.8, 4) is 22.6 Å². The van der Waals surface area contributed by atoms with Crippen LogP contribution in [0.4, 0.5) is 15.8 Å². The molecule has 4 rings (SSSR count). The minimum absolute atomic E-state index is 0. The summed E-state index contributed by atoms with van der Waals surface area (Å²) in [4.78, 5) is 10.5. The van der Waals surface area contributed by atoms with E-state index in [9.17, 15) is 9.18 Å². The number of carbonyl (C=O) groups is 1. The molecule has 10 heteroatoms. The first-order valence-corrected chi connectivity index (χ1v) is 10.5. The average Bonchev–Trinajstić information content (AvgIpc) is 3.28. The first-order valence-electron chi connectivity index (χ1n) is 9.78. The van der Waals surface area contributed by atoms with E-state index in [1.165, 1.54) is 0 Å². The number of nitrogens with zero attached hydrogens (tertiary/aromatic N) is 1. The maximum absolute atomic E-state index is 14.8. The number of hydrogen-bond acceptors (Lipinski definition) is 7. The van der Waals surface area contributed by atoms with Crippen molar-refractivity contribution in [2.45, 2.75) is 6.54 Å². The molecule has 33 heavy (non-hydrogen) atoms. The van der Waals surface area contributed by atoms with Gasteiger partial charge in [-0.1, -0.05) is 18.2 Å². The zero-order valence-electron chi connectivity index (χ0n) is 17.7. The van der Waals surface area contributed by atoms with Crippen molar-refractivity contribution in [1.29, 1.82) is 0 Å². The third-order valence-electron chi connectivity index (χ3n) is 4.79. The van der Waals surface area contributed by atoms with Gasteiger partial charge in [0.15, 0.2) is 18.2 Å². The van der Waals surface area contributed by atoms with Crippen LogP contribution in [0.2, 0.25) is 0 Å². The van der Waals surface area contributed by atoms with E-state index in [0.717, 1.165) is 34.7 Å². The molecule has 0 amide bonds. The molecule has 2 N–H and O–H groups in total. The van der Waals surface area contributed by atoms with Crippen molar-refractivity contribution in [2.75, 3.05) is 30.1 Å². The van der Waals surface area contributed by atoms with Crippen LogP contribution < -0.4 is 19.1 Å². The number of benzene rings is 3. The maximum atomic E-state index is 14.8. The predicted molar refractivity (Wildman–Crippen MR) is 132 cm³/mol. The highest BCUT2D eigenvalue weighted by molar-refractivity contribution is 7.96. The van der Waals surface area contributed by atoms with E-state index in [-0.39, 0.29) is 32.6 Å².